The highest BCUT2D eigenvalue weighted by Crippen LogP contribution is 2.23. The summed E-state index contributed by atoms with van der Waals surface area (Å²) in [6, 6.07) is 10.2. The molecule has 0 unspecified atom stereocenters. The topological polar surface area (TPSA) is 48.2 Å². The second-order valence-electron chi connectivity index (χ2n) is 5.16. The zero-order valence-electron chi connectivity index (χ0n) is 13.1. The fraction of sp³-hybridized carbons (Fsp3) is 0.294. The first kappa shape index (κ1) is 16.1. The van der Waals surface area contributed by atoms with Gasteiger partial charge in [-0.25, -0.2) is 0 Å². The van der Waals surface area contributed by atoms with Gasteiger partial charge in [0.1, 0.15) is 5.75 Å². The lowest BCUT2D eigenvalue weighted by atomic mass is 10.1. The normalized spacial score (nSPS) is 10.9. The molecule has 0 spiro atoms. The van der Waals surface area contributed by atoms with E-state index in [0.717, 1.165) is 21.9 Å². The van der Waals surface area contributed by atoms with Gasteiger partial charge in [0.05, 0.1) is 17.2 Å². The molecule has 0 radical (unpaired) electrons. The Labute approximate surface area is 143 Å². The number of ether oxygens (including phenoxy) is 1. The van der Waals surface area contributed by atoms with Crippen molar-refractivity contribution in [2.45, 2.75) is 19.6 Å². The SMILES string of the molecule is Cc1ccc(C)c(OCCSCc2nc(-c3cccs3)no2)c1. The molecule has 3 rings (SSSR count). The van der Waals surface area contributed by atoms with E-state index in [-0.39, 0.29) is 0 Å². The zero-order chi connectivity index (χ0) is 16.1. The molecule has 2 heterocycles. The minimum atomic E-state index is 0.658. The van der Waals surface area contributed by atoms with Crippen LogP contribution in [-0.2, 0) is 5.75 Å². The van der Waals surface area contributed by atoms with Gasteiger partial charge in [0.15, 0.2) is 0 Å². The molecule has 0 saturated heterocycles. The van der Waals surface area contributed by atoms with Crippen molar-refractivity contribution in [2.75, 3.05) is 12.4 Å². The Bertz CT molecular complexity index is 754. The Hall–Kier alpha value is -1.79. The molecule has 1 aromatic carbocycles. The van der Waals surface area contributed by atoms with Crippen molar-refractivity contribution in [2.24, 2.45) is 0 Å². The maximum absolute atomic E-state index is 5.83. The van der Waals surface area contributed by atoms with Crippen LogP contribution in [0.25, 0.3) is 10.7 Å². The van der Waals surface area contributed by atoms with Crippen molar-refractivity contribution in [1.29, 1.82) is 0 Å². The summed E-state index contributed by atoms with van der Waals surface area (Å²) in [6.07, 6.45) is 0. The molecular formula is C17H18N2O2S2. The molecule has 0 aliphatic heterocycles. The number of hydrogen-bond acceptors (Lipinski definition) is 6. The van der Waals surface area contributed by atoms with Gasteiger partial charge in [0, 0.05) is 5.75 Å². The van der Waals surface area contributed by atoms with Crippen molar-refractivity contribution >= 4 is 23.1 Å². The second-order valence-corrected chi connectivity index (χ2v) is 7.21. The van der Waals surface area contributed by atoms with Crippen LogP contribution >= 0.6 is 23.1 Å². The first-order chi connectivity index (χ1) is 11.2. The van der Waals surface area contributed by atoms with Gasteiger partial charge in [-0.1, -0.05) is 23.4 Å². The van der Waals surface area contributed by atoms with E-state index in [9.17, 15) is 0 Å². The van der Waals surface area contributed by atoms with E-state index >= 15 is 0 Å². The number of aryl methyl sites for hydroxylation is 2. The zero-order valence-corrected chi connectivity index (χ0v) is 14.7. The molecule has 0 atom stereocenters. The molecule has 4 nitrogen and oxygen atoms in total. The van der Waals surface area contributed by atoms with Gasteiger partial charge in [-0.3, -0.25) is 0 Å². The highest BCUT2D eigenvalue weighted by molar-refractivity contribution is 7.98. The van der Waals surface area contributed by atoms with Crippen LogP contribution < -0.4 is 4.74 Å². The smallest absolute Gasteiger partial charge is 0.236 e. The second kappa shape index (κ2) is 7.66. The molecule has 2 aromatic heterocycles. The van der Waals surface area contributed by atoms with Gasteiger partial charge in [-0.15, -0.1) is 23.1 Å². The molecule has 120 valence electrons. The van der Waals surface area contributed by atoms with E-state index in [0.29, 0.717) is 24.1 Å². The molecule has 0 N–H and O–H groups in total. The number of nitrogens with zero attached hydrogens (tertiary/aromatic N) is 2. The first-order valence-electron chi connectivity index (χ1n) is 7.36. The molecule has 0 fully saturated rings. The average Bonchev–Trinajstić information content (AvgIpc) is 3.21. The van der Waals surface area contributed by atoms with Gasteiger partial charge in [0.2, 0.25) is 11.7 Å². The van der Waals surface area contributed by atoms with Crippen molar-refractivity contribution in [3.63, 3.8) is 0 Å². The number of thiophene rings is 1. The molecule has 6 heteroatoms. The van der Waals surface area contributed by atoms with Crippen molar-refractivity contribution < 1.29 is 9.26 Å². The molecule has 23 heavy (non-hydrogen) atoms. The van der Waals surface area contributed by atoms with Crippen LogP contribution in [0.3, 0.4) is 0 Å². The van der Waals surface area contributed by atoms with E-state index in [1.807, 2.05) is 17.5 Å². The number of thioether (sulfide) groups is 1. The summed E-state index contributed by atoms with van der Waals surface area (Å²) >= 11 is 3.34. The van der Waals surface area contributed by atoms with Gasteiger partial charge >= 0.3 is 0 Å². The van der Waals surface area contributed by atoms with E-state index in [4.69, 9.17) is 9.26 Å². The van der Waals surface area contributed by atoms with Crippen molar-refractivity contribution in [1.82, 2.24) is 10.1 Å². The Kier molecular flexibility index (Phi) is 5.35. The fourth-order valence-electron chi connectivity index (χ4n) is 2.05. The van der Waals surface area contributed by atoms with Crippen LogP contribution in [-0.4, -0.2) is 22.5 Å². The third kappa shape index (κ3) is 4.36. The van der Waals surface area contributed by atoms with E-state index in [2.05, 4.69) is 42.2 Å². The number of aromatic nitrogens is 2. The molecule has 3 aromatic rings. The minimum Gasteiger partial charge on any atom is -0.492 e. The third-order valence-corrected chi connectivity index (χ3v) is 5.04. The summed E-state index contributed by atoms with van der Waals surface area (Å²) in [7, 11) is 0. The molecule has 0 bridgehead atoms. The average molecular weight is 346 g/mol. The van der Waals surface area contributed by atoms with Crippen LogP contribution in [0.15, 0.2) is 40.2 Å². The van der Waals surface area contributed by atoms with E-state index in [1.54, 1.807) is 23.1 Å². The Morgan fingerprint density at radius 1 is 1.26 bits per heavy atom. The highest BCUT2D eigenvalue weighted by atomic mass is 32.2. The quantitative estimate of drug-likeness (QED) is 0.579. The minimum absolute atomic E-state index is 0.658. The Morgan fingerprint density at radius 3 is 3.00 bits per heavy atom. The Balaban J connectivity index is 1.43. The van der Waals surface area contributed by atoms with Crippen LogP contribution in [0, 0.1) is 13.8 Å². The lowest BCUT2D eigenvalue weighted by Gasteiger charge is -2.09. The standard InChI is InChI=1S/C17H18N2O2S2/c1-12-5-6-13(2)14(10-12)20-7-9-22-11-16-18-17(19-21-16)15-4-3-8-23-15/h3-6,8,10H,7,9,11H2,1-2H3. The van der Waals surface area contributed by atoms with Gasteiger partial charge < -0.3 is 9.26 Å². The summed E-state index contributed by atoms with van der Waals surface area (Å²) in [5.74, 6) is 3.87. The summed E-state index contributed by atoms with van der Waals surface area (Å²) in [4.78, 5) is 5.44. The van der Waals surface area contributed by atoms with Crippen LogP contribution in [0.1, 0.15) is 17.0 Å². The number of benzene rings is 1. The summed E-state index contributed by atoms with van der Waals surface area (Å²) in [5.41, 5.74) is 2.38. The highest BCUT2D eigenvalue weighted by Gasteiger charge is 2.09. The molecule has 0 aliphatic rings. The van der Waals surface area contributed by atoms with Gasteiger partial charge in [-0.2, -0.15) is 4.98 Å². The third-order valence-electron chi connectivity index (χ3n) is 3.26. The lowest BCUT2D eigenvalue weighted by molar-refractivity contribution is 0.341. The lowest BCUT2D eigenvalue weighted by Crippen LogP contribution is -2.02. The maximum atomic E-state index is 5.83. The number of rotatable bonds is 7. The summed E-state index contributed by atoms with van der Waals surface area (Å²) < 4.78 is 11.1. The van der Waals surface area contributed by atoms with E-state index < -0.39 is 0 Å². The molecule has 0 aliphatic carbocycles. The van der Waals surface area contributed by atoms with Gasteiger partial charge in [-0.05, 0) is 42.5 Å². The van der Waals surface area contributed by atoms with Crippen molar-refractivity contribution in [3.05, 3.63) is 52.7 Å². The van der Waals surface area contributed by atoms with Crippen LogP contribution in [0.4, 0.5) is 0 Å². The largest absolute Gasteiger partial charge is 0.492 e. The molecule has 0 amide bonds. The first-order valence-corrected chi connectivity index (χ1v) is 9.40. The molecular weight excluding hydrogens is 328 g/mol. The van der Waals surface area contributed by atoms with Crippen LogP contribution in [0.2, 0.25) is 0 Å². The van der Waals surface area contributed by atoms with Crippen LogP contribution in [0.5, 0.6) is 5.75 Å². The number of hydrogen-bond donors (Lipinski definition) is 0. The summed E-state index contributed by atoms with van der Waals surface area (Å²) in [5, 5.41) is 6.01. The molecule has 0 saturated carbocycles. The van der Waals surface area contributed by atoms with Gasteiger partial charge in [0.25, 0.3) is 0 Å². The monoisotopic (exact) mass is 346 g/mol. The van der Waals surface area contributed by atoms with E-state index in [1.165, 1.54) is 5.56 Å². The summed E-state index contributed by atoms with van der Waals surface area (Å²) in [6.45, 7) is 4.80. The fourth-order valence-corrected chi connectivity index (χ4v) is 3.34. The van der Waals surface area contributed by atoms with Crippen molar-refractivity contribution in [3.8, 4) is 16.5 Å². The maximum Gasteiger partial charge on any atom is 0.236 e. The predicted molar refractivity (Wildman–Crippen MR) is 95.2 cm³/mol. The predicted octanol–water partition coefficient (Wildman–Crippen LogP) is 4.73. The Morgan fingerprint density at radius 2 is 2.17 bits per heavy atom.